The van der Waals surface area contributed by atoms with E-state index >= 15 is 0 Å². The van der Waals surface area contributed by atoms with Gasteiger partial charge < -0.3 is 0 Å². The molecule has 0 saturated carbocycles. The van der Waals surface area contributed by atoms with Crippen LogP contribution in [0.5, 0.6) is 0 Å². The highest BCUT2D eigenvalue weighted by Gasteiger charge is 2.05. The molecular formula is C11H14N2OS. The Morgan fingerprint density at radius 3 is 2.93 bits per heavy atom. The molecule has 0 spiro atoms. The van der Waals surface area contributed by atoms with Crippen LogP contribution in [-0.4, -0.2) is 14.9 Å². The maximum atomic E-state index is 11.6. The van der Waals surface area contributed by atoms with Crippen LogP contribution in [0.1, 0.15) is 25.1 Å². The normalized spacial score (nSPS) is 12.4. The summed E-state index contributed by atoms with van der Waals surface area (Å²) in [6.45, 7) is 4.09. The van der Waals surface area contributed by atoms with Crippen LogP contribution in [0.2, 0.25) is 0 Å². The van der Waals surface area contributed by atoms with E-state index < -0.39 is 10.8 Å². The number of rotatable bonds is 4. The van der Waals surface area contributed by atoms with Gasteiger partial charge in [0.2, 0.25) is 0 Å². The zero-order valence-corrected chi connectivity index (χ0v) is 9.75. The Kier molecular flexibility index (Phi) is 4.44. The first-order valence-electron chi connectivity index (χ1n) is 4.82. The minimum Gasteiger partial charge on any atom is -0.259 e. The number of hydrogen-bond acceptors (Lipinski definition) is 3. The van der Waals surface area contributed by atoms with E-state index in [1.54, 1.807) is 18.3 Å². The summed E-state index contributed by atoms with van der Waals surface area (Å²) in [5.41, 5.74) is 1.30. The molecule has 1 atom stereocenters. The molecule has 0 bridgehead atoms. The molecule has 0 amide bonds. The number of hydrogen-bond donors (Lipinski definition) is 0. The average Bonchev–Trinajstić information content (AvgIpc) is 2.16. The van der Waals surface area contributed by atoms with Crippen molar-refractivity contribution in [2.45, 2.75) is 19.6 Å². The van der Waals surface area contributed by atoms with Crippen LogP contribution in [0, 0.1) is 17.2 Å². The zero-order chi connectivity index (χ0) is 11.3. The van der Waals surface area contributed by atoms with E-state index in [1.165, 1.54) is 0 Å². The van der Waals surface area contributed by atoms with Crippen molar-refractivity contribution in [3.63, 3.8) is 0 Å². The lowest BCUT2D eigenvalue weighted by atomic mass is 10.2. The molecule has 0 aliphatic carbocycles. The van der Waals surface area contributed by atoms with Gasteiger partial charge in [0.25, 0.3) is 0 Å². The Morgan fingerprint density at radius 2 is 2.33 bits per heavy atom. The average molecular weight is 222 g/mol. The summed E-state index contributed by atoms with van der Waals surface area (Å²) in [4.78, 5) is 3.87. The first-order valence-corrected chi connectivity index (χ1v) is 6.30. The van der Waals surface area contributed by atoms with Gasteiger partial charge in [-0.3, -0.25) is 4.21 Å². The third kappa shape index (κ3) is 4.22. The molecule has 0 aliphatic rings. The number of aromatic nitrogens is 1. The van der Waals surface area contributed by atoms with Crippen molar-refractivity contribution >= 4 is 10.8 Å². The van der Waals surface area contributed by atoms with Crippen molar-refractivity contribution in [2.24, 2.45) is 5.92 Å². The topological polar surface area (TPSA) is 53.8 Å². The van der Waals surface area contributed by atoms with Crippen LogP contribution in [0.25, 0.3) is 0 Å². The maximum Gasteiger partial charge on any atom is 0.140 e. The molecule has 0 aliphatic heterocycles. The second-order valence-electron chi connectivity index (χ2n) is 3.81. The molecule has 0 saturated heterocycles. The first kappa shape index (κ1) is 11.9. The van der Waals surface area contributed by atoms with E-state index in [0.717, 1.165) is 5.56 Å². The van der Waals surface area contributed by atoms with E-state index in [4.69, 9.17) is 5.26 Å². The molecule has 0 aromatic carbocycles. The van der Waals surface area contributed by atoms with Crippen molar-refractivity contribution < 1.29 is 4.21 Å². The van der Waals surface area contributed by atoms with Gasteiger partial charge in [-0.1, -0.05) is 13.8 Å². The van der Waals surface area contributed by atoms with Gasteiger partial charge in [0.05, 0.1) is 0 Å². The van der Waals surface area contributed by atoms with E-state index in [9.17, 15) is 4.21 Å². The van der Waals surface area contributed by atoms with Crippen LogP contribution >= 0.6 is 0 Å². The van der Waals surface area contributed by atoms with Crippen molar-refractivity contribution in [1.29, 1.82) is 5.26 Å². The molecule has 1 heterocycles. The standard InChI is InChI=1S/C11H14N2OS/c1-9(2)7-15(14)8-10-3-4-13-11(5-10)6-12/h3-5,9H,7-8H2,1-2H3. The van der Waals surface area contributed by atoms with Gasteiger partial charge in [-0.25, -0.2) is 4.98 Å². The molecule has 15 heavy (non-hydrogen) atoms. The first-order chi connectivity index (χ1) is 7.11. The molecule has 0 radical (unpaired) electrons. The molecule has 1 aromatic heterocycles. The smallest absolute Gasteiger partial charge is 0.140 e. The predicted molar refractivity (Wildman–Crippen MR) is 60.5 cm³/mol. The molecule has 3 nitrogen and oxygen atoms in total. The largest absolute Gasteiger partial charge is 0.259 e. The highest BCUT2D eigenvalue weighted by atomic mass is 32.2. The van der Waals surface area contributed by atoms with Gasteiger partial charge in [0.15, 0.2) is 0 Å². The monoisotopic (exact) mass is 222 g/mol. The molecule has 0 N–H and O–H groups in total. The highest BCUT2D eigenvalue weighted by molar-refractivity contribution is 7.84. The summed E-state index contributed by atoms with van der Waals surface area (Å²) < 4.78 is 11.6. The molecule has 80 valence electrons. The number of nitriles is 1. The minimum atomic E-state index is -0.849. The Labute approximate surface area is 92.6 Å². The summed E-state index contributed by atoms with van der Waals surface area (Å²) in [5.74, 6) is 1.64. The Hall–Kier alpha value is -1.21. The summed E-state index contributed by atoms with van der Waals surface area (Å²) in [7, 11) is -0.849. The fourth-order valence-corrected chi connectivity index (χ4v) is 2.65. The summed E-state index contributed by atoms with van der Waals surface area (Å²) in [6, 6.07) is 5.47. The van der Waals surface area contributed by atoms with Crippen LogP contribution in [0.4, 0.5) is 0 Å². The van der Waals surface area contributed by atoms with Crippen LogP contribution in [-0.2, 0) is 16.6 Å². The summed E-state index contributed by atoms with van der Waals surface area (Å²) in [6.07, 6.45) is 1.58. The van der Waals surface area contributed by atoms with Gasteiger partial charge in [-0.15, -0.1) is 0 Å². The lowest BCUT2D eigenvalue weighted by Crippen LogP contribution is -2.06. The van der Waals surface area contributed by atoms with E-state index in [1.807, 2.05) is 19.9 Å². The molecule has 0 fully saturated rings. The summed E-state index contributed by atoms with van der Waals surface area (Å²) in [5, 5.41) is 8.65. The molecule has 1 unspecified atom stereocenters. The van der Waals surface area contributed by atoms with Gasteiger partial charge in [-0.2, -0.15) is 5.26 Å². The number of nitrogens with zero attached hydrogens (tertiary/aromatic N) is 2. The second kappa shape index (κ2) is 5.62. The minimum absolute atomic E-state index is 0.383. The van der Waals surface area contributed by atoms with Crippen LogP contribution in [0.15, 0.2) is 18.3 Å². The van der Waals surface area contributed by atoms with E-state index in [-0.39, 0.29) is 0 Å². The van der Waals surface area contributed by atoms with Crippen molar-refractivity contribution in [3.8, 4) is 6.07 Å². The Balaban J connectivity index is 2.65. The van der Waals surface area contributed by atoms with Gasteiger partial charge in [-0.05, 0) is 23.6 Å². The van der Waals surface area contributed by atoms with Gasteiger partial charge in [0, 0.05) is 28.5 Å². The molecule has 1 aromatic rings. The lowest BCUT2D eigenvalue weighted by Gasteiger charge is -2.04. The highest BCUT2D eigenvalue weighted by Crippen LogP contribution is 2.07. The third-order valence-electron chi connectivity index (χ3n) is 1.79. The molecule has 4 heteroatoms. The molecular weight excluding hydrogens is 208 g/mol. The SMILES string of the molecule is CC(C)CS(=O)Cc1ccnc(C#N)c1. The van der Waals surface area contributed by atoms with Crippen LogP contribution in [0.3, 0.4) is 0 Å². The maximum absolute atomic E-state index is 11.6. The Morgan fingerprint density at radius 1 is 1.60 bits per heavy atom. The fraction of sp³-hybridized carbons (Fsp3) is 0.455. The Bertz CT molecular complexity index is 396. The quantitative estimate of drug-likeness (QED) is 0.781. The predicted octanol–water partition coefficient (Wildman–Crippen LogP) is 1.86. The third-order valence-corrected chi connectivity index (χ3v) is 3.48. The van der Waals surface area contributed by atoms with E-state index in [2.05, 4.69) is 4.98 Å². The summed E-state index contributed by atoms with van der Waals surface area (Å²) >= 11 is 0. The fourth-order valence-electron chi connectivity index (χ4n) is 1.24. The zero-order valence-electron chi connectivity index (χ0n) is 8.93. The molecule has 1 rings (SSSR count). The van der Waals surface area contributed by atoms with Crippen molar-refractivity contribution in [1.82, 2.24) is 4.98 Å². The number of pyridine rings is 1. The van der Waals surface area contributed by atoms with Gasteiger partial charge in [0.1, 0.15) is 11.8 Å². The lowest BCUT2D eigenvalue weighted by molar-refractivity contribution is 0.664. The van der Waals surface area contributed by atoms with Crippen molar-refractivity contribution in [3.05, 3.63) is 29.6 Å². The van der Waals surface area contributed by atoms with E-state index in [0.29, 0.717) is 23.1 Å². The van der Waals surface area contributed by atoms with Crippen molar-refractivity contribution in [2.75, 3.05) is 5.75 Å². The van der Waals surface area contributed by atoms with Gasteiger partial charge >= 0.3 is 0 Å². The van der Waals surface area contributed by atoms with Crippen LogP contribution < -0.4 is 0 Å². The second-order valence-corrected chi connectivity index (χ2v) is 5.31.